The molecule has 0 saturated carbocycles. The Morgan fingerprint density at radius 3 is 2.76 bits per heavy atom. The first-order chi connectivity index (χ1) is 8.15. The number of piperidine rings is 1. The van der Waals surface area contributed by atoms with Gasteiger partial charge < -0.3 is 9.64 Å². The highest BCUT2D eigenvalue weighted by Gasteiger charge is 2.23. The molecule has 2 atom stereocenters. The average Bonchev–Trinajstić information content (AvgIpc) is 2.29. The molecule has 3 nitrogen and oxygen atoms in total. The summed E-state index contributed by atoms with van der Waals surface area (Å²) < 4.78 is 6.48. The molecule has 1 heterocycles. The number of carbonyl (C=O) groups excluding carboxylic acids is 1. The van der Waals surface area contributed by atoms with E-state index in [4.69, 9.17) is 4.74 Å². The first-order valence-corrected chi connectivity index (χ1v) is 6.72. The summed E-state index contributed by atoms with van der Waals surface area (Å²) in [7, 11) is 2.14. The van der Waals surface area contributed by atoms with Crippen molar-refractivity contribution in [3.05, 3.63) is 34.3 Å². The second-order valence-electron chi connectivity index (χ2n) is 4.59. The second-order valence-corrected chi connectivity index (χ2v) is 5.50. The number of esters is 1. The van der Waals surface area contributed by atoms with E-state index in [0.717, 1.165) is 23.9 Å². The van der Waals surface area contributed by atoms with Gasteiger partial charge in [0, 0.05) is 10.9 Å². The quantitative estimate of drug-likeness (QED) is 0.834. The molecule has 0 aromatic heterocycles. The van der Waals surface area contributed by atoms with E-state index < -0.39 is 0 Å². The standard InChI is InChI=1S/C13H16BrNO2/c1-15-8-2-3-12(9-15)17-13(16)10-4-6-11(14)7-5-10/h4-7,12H,2-3,8-9H2,1H3/p+1/t12-/m1/s1. The fraction of sp³-hybridized carbons (Fsp3) is 0.462. The summed E-state index contributed by atoms with van der Waals surface area (Å²) in [5.74, 6) is -0.211. The average molecular weight is 299 g/mol. The van der Waals surface area contributed by atoms with Crippen molar-refractivity contribution >= 4 is 21.9 Å². The van der Waals surface area contributed by atoms with Crippen LogP contribution in [-0.4, -0.2) is 32.2 Å². The lowest BCUT2D eigenvalue weighted by Gasteiger charge is -2.26. The van der Waals surface area contributed by atoms with Crippen LogP contribution in [0.2, 0.25) is 0 Å². The maximum absolute atomic E-state index is 11.9. The lowest BCUT2D eigenvalue weighted by atomic mass is 10.1. The van der Waals surface area contributed by atoms with Gasteiger partial charge in [0.25, 0.3) is 0 Å². The largest absolute Gasteiger partial charge is 0.453 e. The van der Waals surface area contributed by atoms with Crippen molar-refractivity contribution in [3.8, 4) is 0 Å². The molecule has 0 bridgehead atoms. The highest BCUT2D eigenvalue weighted by Crippen LogP contribution is 2.13. The van der Waals surface area contributed by atoms with Crippen LogP contribution in [0, 0.1) is 0 Å². The third-order valence-electron chi connectivity index (χ3n) is 3.06. The molecule has 1 aromatic carbocycles. The Hall–Kier alpha value is -0.870. The van der Waals surface area contributed by atoms with E-state index in [9.17, 15) is 4.79 Å². The Labute approximate surface area is 110 Å². The predicted molar refractivity (Wildman–Crippen MR) is 69.2 cm³/mol. The van der Waals surface area contributed by atoms with Gasteiger partial charge in [-0.05, 0) is 30.7 Å². The predicted octanol–water partition coefficient (Wildman–Crippen LogP) is 1.28. The molecule has 2 rings (SSSR count). The molecule has 1 N–H and O–H groups in total. The first kappa shape index (κ1) is 12.6. The summed E-state index contributed by atoms with van der Waals surface area (Å²) in [5.41, 5.74) is 0.622. The SMILES string of the molecule is C[NH+]1CCC[C@@H](OC(=O)c2ccc(Br)cc2)C1. The van der Waals surface area contributed by atoms with Gasteiger partial charge in [0.1, 0.15) is 6.54 Å². The van der Waals surface area contributed by atoms with Crippen LogP contribution in [0.3, 0.4) is 0 Å². The van der Waals surface area contributed by atoms with Gasteiger partial charge in [0.15, 0.2) is 6.10 Å². The van der Waals surface area contributed by atoms with Crippen LogP contribution in [0.15, 0.2) is 28.7 Å². The monoisotopic (exact) mass is 298 g/mol. The highest BCUT2D eigenvalue weighted by atomic mass is 79.9. The third kappa shape index (κ3) is 3.54. The summed E-state index contributed by atoms with van der Waals surface area (Å²) >= 11 is 3.35. The molecule has 1 unspecified atom stereocenters. The van der Waals surface area contributed by atoms with Crippen LogP contribution in [0.1, 0.15) is 23.2 Å². The summed E-state index contributed by atoms with van der Waals surface area (Å²) in [6, 6.07) is 7.28. The molecule has 1 aliphatic heterocycles. The number of likely N-dealkylation sites (N-methyl/N-ethyl adjacent to an activating group) is 1. The van der Waals surface area contributed by atoms with E-state index in [0.29, 0.717) is 5.56 Å². The van der Waals surface area contributed by atoms with Gasteiger partial charge in [-0.25, -0.2) is 4.79 Å². The summed E-state index contributed by atoms with van der Waals surface area (Å²) in [6.07, 6.45) is 2.18. The molecule has 4 heteroatoms. The van der Waals surface area contributed by atoms with E-state index in [-0.39, 0.29) is 12.1 Å². The number of quaternary nitrogens is 1. The highest BCUT2D eigenvalue weighted by molar-refractivity contribution is 9.10. The Kier molecular flexibility index (Phi) is 4.18. The number of carbonyl (C=O) groups is 1. The van der Waals surface area contributed by atoms with Gasteiger partial charge in [0.2, 0.25) is 0 Å². The van der Waals surface area contributed by atoms with Crippen LogP contribution in [0.25, 0.3) is 0 Å². The van der Waals surface area contributed by atoms with Gasteiger partial charge in [0.05, 0.1) is 19.2 Å². The number of halogens is 1. The summed E-state index contributed by atoms with van der Waals surface area (Å²) in [6.45, 7) is 2.09. The number of benzene rings is 1. The van der Waals surface area contributed by atoms with Crippen molar-refractivity contribution in [2.45, 2.75) is 18.9 Å². The van der Waals surface area contributed by atoms with Gasteiger partial charge in [-0.2, -0.15) is 0 Å². The fourth-order valence-corrected chi connectivity index (χ4v) is 2.39. The first-order valence-electron chi connectivity index (χ1n) is 5.93. The molecular weight excluding hydrogens is 282 g/mol. The zero-order valence-corrected chi connectivity index (χ0v) is 11.5. The van der Waals surface area contributed by atoms with E-state index in [2.05, 4.69) is 23.0 Å². The van der Waals surface area contributed by atoms with Gasteiger partial charge in [-0.3, -0.25) is 0 Å². The molecule has 0 radical (unpaired) electrons. The maximum atomic E-state index is 11.9. The third-order valence-corrected chi connectivity index (χ3v) is 3.59. The Morgan fingerprint density at radius 2 is 2.12 bits per heavy atom. The lowest BCUT2D eigenvalue weighted by molar-refractivity contribution is -0.888. The van der Waals surface area contributed by atoms with E-state index in [1.54, 1.807) is 12.1 Å². The molecule has 0 aliphatic carbocycles. The van der Waals surface area contributed by atoms with Crippen molar-refractivity contribution in [2.24, 2.45) is 0 Å². The minimum atomic E-state index is -0.211. The molecule has 92 valence electrons. The molecule has 1 aliphatic rings. The number of hydrogen-bond donors (Lipinski definition) is 1. The fourth-order valence-electron chi connectivity index (χ4n) is 2.13. The van der Waals surface area contributed by atoms with E-state index in [1.165, 1.54) is 11.4 Å². The zero-order valence-electron chi connectivity index (χ0n) is 9.91. The molecular formula is C13H17BrNO2+. The molecule has 0 spiro atoms. The summed E-state index contributed by atoms with van der Waals surface area (Å²) in [5, 5.41) is 0. The number of likely N-dealkylation sites (tertiary alicyclic amines) is 1. The van der Waals surface area contributed by atoms with Crippen LogP contribution in [0.5, 0.6) is 0 Å². The van der Waals surface area contributed by atoms with Crippen molar-refractivity contribution in [1.29, 1.82) is 0 Å². The Balaban J connectivity index is 1.94. The smallest absolute Gasteiger partial charge is 0.338 e. The lowest BCUT2D eigenvalue weighted by Crippen LogP contribution is -3.11. The number of hydrogen-bond acceptors (Lipinski definition) is 2. The van der Waals surface area contributed by atoms with Gasteiger partial charge in [-0.15, -0.1) is 0 Å². The Morgan fingerprint density at radius 1 is 1.41 bits per heavy atom. The maximum Gasteiger partial charge on any atom is 0.338 e. The molecule has 1 fully saturated rings. The Bertz CT molecular complexity index is 391. The van der Waals surface area contributed by atoms with Crippen LogP contribution < -0.4 is 4.90 Å². The minimum Gasteiger partial charge on any atom is -0.453 e. The second kappa shape index (κ2) is 5.65. The van der Waals surface area contributed by atoms with Crippen molar-refractivity contribution in [2.75, 3.05) is 20.1 Å². The number of nitrogens with one attached hydrogen (secondary N) is 1. The van der Waals surface area contributed by atoms with Crippen molar-refractivity contribution in [1.82, 2.24) is 0 Å². The van der Waals surface area contributed by atoms with E-state index >= 15 is 0 Å². The topological polar surface area (TPSA) is 30.7 Å². The van der Waals surface area contributed by atoms with Gasteiger partial charge in [-0.1, -0.05) is 15.9 Å². The number of ether oxygens (including phenoxy) is 1. The van der Waals surface area contributed by atoms with Crippen LogP contribution in [0.4, 0.5) is 0 Å². The number of rotatable bonds is 2. The van der Waals surface area contributed by atoms with Crippen molar-refractivity contribution in [3.63, 3.8) is 0 Å². The minimum absolute atomic E-state index is 0.0693. The van der Waals surface area contributed by atoms with Gasteiger partial charge >= 0.3 is 5.97 Å². The van der Waals surface area contributed by atoms with E-state index in [1.807, 2.05) is 12.1 Å². The molecule has 1 saturated heterocycles. The summed E-state index contributed by atoms with van der Waals surface area (Å²) in [4.78, 5) is 13.3. The van der Waals surface area contributed by atoms with Crippen LogP contribution in [-0.2, 0) is 4.74 Å². The normalized spacial score (nSPS) is 24.4. The zero-order chi connectivity index (χ0) is 12.3. The molecule has 1 aromatic rings. The molecule has 17 heavy (non-hydrogen) atoms. The van der Waals surface area contributed by atoms with Crippen LogP contribution >= 0.6 is 15.9 Å². The molecule has 0 amide bonds. The van der Waals surface area contributed by atoms with Crippen molar-refractivity contribution < 1.29 is 14.4 Å².